The van der Waals surface area contributed by atoms with E-state index >= 15 is 0 Å². The van der Waals surface area contributed by atoms with Gasteiger partial charge in [0.1, 0.15) is 5.84 Å². The molecule has 0 saturated carbocycles. The highest BCUT2D eigenvalue weighted by atomic mass is 32.2. The zero-order valence-electron chi connectivity index (χ0n) is 17.1. The van der Waals surface area contributed by atoms with Gasteiger partial charge in [0, 0.05) is 25.2 Å². The van der Waals surface area contributed by atoms with Gasteiger partial charge in [0.25, 0.3) is 0 Å². The first-order chi connectivity index (χ1) is 12.5. The average molecular weight is 393 g/mol. The first-order valence-corrected chi connectivity index (χ1v) is 11.1. The molecule has 1 spiro atoms. The number of hydrogen-bond acceptors (Lipinski definition) is 5. The topological polar surface area (TPSA) is 73.8 Å². The van der Waals surface area contributed by atoms with E-state index in [1.54, 1.807) is 10.4 Å². The van der Waals surface area contributed by atoms with Gasteiger partial charge in [-0.05, 0) is 59.1 Å². The predicted octanol–water partition coefficient (Wildman–Crippen LogP) is 2.22. The first-order valence-electron chi connectivity index (χ1n) is 9.69. The Bertz CT molecular complexity index is 832. The number of sulfonamides is 1. The maximum atomic E-state index is 13.2. The van der Waals surface area contributed by atoms with Crippen molar-refractivity contribution in [2.75, 3.05) is 26.2 Å². The van der Waals surface area contributed by atoms with Crippen LogP contribution in [-0.2, 0) is 10.0 Å². The van der Waals surface area contributed by atoms with E-state index in [0.717, 1.165) is 42.9 Å². The maximum Gasteiger partial charge on any atom is 0.243 e. The Balaban J connectivity index is 1.79. The molecule has 3 rings (SSSR count). The molecule has 1 fully saturated rings. The van der Waals surface area contributed by atoms with Gasteiger partial charge >= 0.3 is 0 Å². The largest absolute Gasteiger partial charge is 0.368 e. The summed E-state index contributed by atoms with van der Waals surface area (Å²) in [5.41, 5.74) is 1.56. The summed E-state index contributed by atoms with van der Waals surface area (Å²) in [7, 11) is -3.47. The molecule has 6 nitrogen and oxygen atoms in total. The van der Waals surface area contributed by atoms with Crippen molar-refractivity contribution in [3.63, 3.8) is 0 Å². The SMILES string of the molecule is Cc1ccc(S(=O)(=O)N2CCC3(CC2)NCCN=C3NC(C)(C)C)c(C)c1. The predicted molar refractivity (Wildman–Crippen MR) is 110 cm³/mol. The number of piperidine rings is 1. The highest BCUT2D eigenvalue weighted by Crippen LogP contribution is 2.30. The van der Waals surface area contributed by atoms with E-state index in [1.165, 1.54) is 0 Å². The monoisotopic (exact) mass is 392 g/mol. The van der Waals surface area contributed by atoms with Crippen LogP contribution in [-0.4, -0.2) is 55.8 Å². The van der Waals surface area contributed by atoms with Crippen LogP contribution in [0.3, 0.4) is 0 Å². The average Bonchev–Trinajstić information content (AvgIpc) is 2.56. The standard InChI is InChI=1S/C20H32N4O2S/c1-15-6-7-17(16(2)14-15)27(25,26)24-12-8-20(9-13-24)18(21-10-11-22-20)23-19(3,4)5/h6-7,14,22H,8-13H2,1-5H3,(H,21,23). The van der Waals surface area contributed by atoms with Crippen LogP contribution in [0.2, 0.25) is 0 Å². The molecule has 0 atom stereocenters. The van der Waals surface area contributed by atoms with Gasteiger partial charge in [0.2, 0.25) is 10.0 Å². The van der Waals surface area contributed by atoms with Crippen molar-refractivity contribution in [3.05, 3.63) is 29.3 Å². The van der Waals surface area contributed by atoms with E-state index < -0.39 is 10.0 Å². The molecule has 27 heavy (non-hydrogen) atoms. The van der Waals surface area contributed by atoms with Crippen LogP contribution in [0.4, 0.5) is 0 Å². The van der Waals surface area contributed by atoms with E-state index in [4.69, 9.17) is 4.99 Å². The molecule has 1 saturated heterocycles. The normalized spacial score (nSPS) is 21.1. The molecule has 7 heteroatoms. The van der Waals surface area contributed by atoms with Gasteiger partial charge in [-0.3, -0.25) is 4.99 Å². The molecular weight excluding hydrogens is 360 g/mol. The van der Waals surface area contributed by atoms with Crippen LogP contribution in [0, 0.1) is 13.8 Å². The fourth-order valence-electron chi connectivity index (χ4n) is 3.96. The summed E-state index contributed by atoms with van der Waals surface area (Å²) in [5.74, 6) is 0.977. The molecule has 1 aromatic carbocycles. The summed E-state index contributed by atoms with van der Waals surface area (Å²) in [6, 6.07) is 5.53. The minimum absolute atomic E-state index is 0.0763. The third-order valence-corrected chi connectivity index (χ3v) is 7.37. The summed E-state index contributed by atoms with van der Waals surface area (Å²) >= 11 is 0. The Morgan fingerprint density at radius 3 is 2.44 bits per heavy atom. The Morgan fingerprint density at radius 2 is 1.85 bits per heavy atom. The van der Waals surface area contributed by atoms with Crippen molar-refractivity contribution in [1.82, 2.24) is 14.9 Å². The molecule has 0 unspecified atom stereocenters. The second-order valence-corrected chi connectivity index (χ2v) is 10.7. The maximum absolute atomic E-state index is 13.2. The van der Waals surface area contributed by atoms with Crippen LogP contribution < -0.4 is 10.6 Å². The van der Waals surface area contributed by atoms with Crippen molar-refractivity contribution < 1.29 is 8.42 Å². The van der Waals surface area contributed by atoms with Crippen molar-refractivity contribution in [2.24, 2.45) is 4.99 Å². The molecule has 0 bridgehead atoms. The lowest BCUT2D eigenvalue weighted by Gasteiger charge is -2.46. The van der Waals surface area contributed by atoms with Gasteiger partial charge in [-0.1, -0.05) is 17.7 Å². The Labute approximate surface area is 163 Å². The van der Waals surface area contributed by atoms with Crippen LogP contribution in [0.5, 0.6) is 0 Å². The van der Waals surface area contributed by atoms with E-state index in [0.29, 0.717) is 18.0 Å². The van der Waals surface area contributed by atoms with Gasteiger partial charge in [-0.15, -0.1) is 0 Å². The van der Waals surface area contributed by atoms with Crippen molar-refractivity contribution in [3.8, 4) is 0 Å². The molecule has 2 aliphatic rings. The number of aryl methyl sites for hydroxylation is 2. The molecule has 0 aromatic heterocycles. The van der Waals surface area contributed by atoms with Crippen LogP contribution >= 0.6 is 0 Å². The molecule has 0 aliphatic carbocycles. The minimum Gasteiger partial charge on any atom is -0.368 e. The minimum atomic E-state index is -3.47. The number of nitrogens with one attached hydrogen (secondary N) is 2. The number of hydrogen-bond donors (Lipinski definition) is 2. The smallest absolute Gasteiger partial charge is 0.243 e. The van der Waals surface area contributed by atoms with Crippen LogP contribution in [0.1, 0.15) is 44.7 Å². The fraction of sp³-hybridized carbons (Fsp3) is 0.650. The van der Waals surface area contributed by atoms with E-state index in [1.807, 2.05) is 26.0 Å². The van der Waals surface area contributed by atoms with Crippen molar-refractivity contribution >= 4 is 15.9 Å². The molecule has 1 aromatic rings. The molecular formula is C20H32N4O2S. The van der Waals surface area contributed by atoms with E-state index in [2.05, 4.69) is 31.4 Å². The molecule has 2 aliphatic heterocycles. The van der Waals surface area contributed by atoms with Crippen LogP contribution in [0.25, 0.3) is 0 Å². The molecule has 150 valence electrons. The lowest BCUT2D eigenvalue weighted by Crippen LogP contribution is -2.66. The third-order valence-electron chi connectivity index (χ3n) is 5.32. The zero-order valence-corrected chi connectivity index (χ0v) is 17.9. The summed E-state index contributed by atoms with van der Waals surface area (Å²) < 4.78 is 27.9. The van der Waals surface area contributed by atoms with Crippen molar-refractivity contribution in [1.29, 1.82) is 0 Å². The number of amidine groups is 1. The Morgan fingerprint density at radius 1 is 1.19 bits per heavy atom. The number of aliphatic imine (C=N–C) groups is 1. The molecule has 0 amide bonds. The summed E-state index contributed by atoms with van der Waals surface area (Å²) in [6.07, 6.45) is 1.44. The zero-order chi connectivity index (χ0) is 19.9. The third kappa shape index (κ3) is 4.20. The number of nitrogens with zero attached hydrogens (tertiary/aromatic N) is 2. The van der Waals surface area contributed by atoms with E-state index in [-0.39, 0.29) is 11.1 Å². The summed E-state index contributed by atoms with van der Waals surface area (Å²) in [5, 5.41) is 7.16. The van der Waals surface area contributed by atoms with Gasteiger partial charge in [0.05, 0.1) is 17.0 Å². The Hall–Kier alpha value is -1.44. The molecule has 2 heterocycles. The van der Waals surface area contributed by atoms with Gasteiger partial charge in [-0.25, -0.2) is 8.42 Å². The quantitative estimate of drug-likeness (QED) is 0.809. The van der Waals surface area contributed by atoms with Crippen molar-refractivity contribution in [2.45, 2.75) is 63.4 Å². The Kier molecular flexibility index (Phi) is 5.40. The highest BCUT2D eigenvalue weighted by molar-refractivity contribution is 7.89. The second-order valence-electron chi connectivity index (χ2n) is 8.79. The number of rotatable bonds is 2. The van der Waals surface area contributed by atoms with E-state index in [9.17, 15) is 8.42 Å². The van der Waals surface area contributed by atoms with Gasteiger partial charge in [0.15, 0.2) is 0 Å². The van der Waals surface area contributed by atoms with Gasteiger partial charge in [-0.2, -0.15) is 4.31 Å². The first kappa shape index (κ1) is 20.3. The summed E-state index contributed by atoms with van der Waals surface area (Å²) in [6.45, 7) is 12.8. The lowest BCUT2D eigenvalue weighted by molar-refractivity contribution is 0.238. The summed E-state index contributed by atoms with van der Waals surface area (Å²) in [4.78, 5) is 5.15. The highest BCUT2D eigenvalue weighted by Gasteiger charge is 2.44. The van der Waals surface area contributed by atoms with Crippen LogP contribution in [0.15, 0.2) is 28.1 Å². The lowest BCUT2D eigenvalue weighted by atomic mass is 9.85. The number of benzene rings is 1. The molecule has 0 radical (unpaired) electrons. The molecule has 2 N–H and O–H groups in total. The van der Waals surface area contributed by atoms with Gasteiger partial charge < -0.3 is 10.6 Å². The second kappa shape index (κ2) is 7.18. The fourth-order valence-corrected chi connectivity index (χ4v) is 5.61.